The molecule has 1 unspecified atom stereocenters. The molecule has 1 heterocycles. The van der Waals surface area contributed by atoms with Crippen LogP contribution < -0.4 is 4.90 Å². The molecule has 2 aliphatic rings. The molecule has 0 radical (unpaired) electrons. The number of imide groups is 1. The molecule has 6 heteroatoms. The second-order valence-corrected chi connectivity index (χ2v) is 7.00. The zero-order valence-corrected chi connectivity index (χ0v) is 13.9. The highest BCUT2D eigenvalue weighted by Gasteiger charge is 2.49. The third kappa shape index (κ3) is 3.12. The van der Waals surface area contributed by atoms with Crippen LogP contribution in [0.2, 0.25) is 5.02 Å². The van der Waals surface area contributed by atoms with Crippen LogP contribution in [0.15, 0.2) is 18.2 Å². The highest BCUT2D eigenvalue weighted by molar-refractivity contribution is 6.31. The molecule has 3 atom stereocenters. The van der Waals surface area contributed by atoms with E-state index in [4.69, 9.17) is 11.6 Å². The molecule has 23 heavy (non-hydrogen) atoms. The first-order chi connectivity index (χ1) is 11.0. The maximum absolute atomic E-state index is 13.9. The smallest absolute Gasteiger partial charge is 0.237 e. The van der Waals surface area contributed by atoms with Crippen LogP contribution in [0.3, 0.4) is 0 Å². The highest BCUT2D eigenvalue weighted by Crippen LogP contribution is 2.37. The number of carbonyl (C=O) groups excluding carboxylic acids is 2. The van der Waals surface area contributed by atoms with E-state index in [1.807, 2.05) is 7.05 Å². The maximum Gasteiger partial charge on any atom is 0.237 e. The van der Waals surface area contributed by atoms with Gasteiger partial charge in [-0.1, -0.05) is 30.5 Å². The SMILES string of the molecule is C[NH+](Cc1c(F)cccc1Cl)CN1C(=O)[C@H]2CCCC[C@H]2C1=O. The van der Waals surface area contributed by atoms with Crippen LogP contribution >= 0.6 is 11.6 Å². The average molecular weight is 340 g/mol. The Kier molecular flexibility index (Phi) is 4.69. The number of amides is 2. The number of carbonyl (C=O) groups is 2. The van der Waals surface area contributed by atoms with Gasteiger partial charge in [-0.15, -0.1) is 0 Å². The Morgan fingerprint density at radius 2 is 1.83 bits per heavy atom. The Hall–Kier alpha value is -1.46. The van der Waals surface area contributed by atoms with Gasteiger partial charge in [0.1, 0.15) is 12.4 Å². The van der Waals surface area contributed by atoms with Gasteiger partial charge in [-0.05, 0) is 25.0 Å². The summed E-state index contributed by atoms with van der Waals surface area (Å²) in [6, 6.07) is 4.58. The van der Waals surface area contributed by atoms with Gasteiger partial charge < -0.3 is 4.90 Å². The fourth-order valence-corrected chi connectivity index (χ4v) is 3.95. The zero-order valence-electron chi connectivity index (χ0n) is 13.1. The number of quaternary nitrogens is 1. The summed E-state index contributed by atoms with van der Waals surface area (Å²) in [5.41, 5.74) is 0.420. The standard InChI is InChI=1S/C17H20ClFN2O2/c1-20(9-13-14(18)7-4-8-15(13)19)10-21-16(22)11-5-2-3-6-12(11)17(21)23/h4,7-8,11-12H,2-3,5-6,9-10H2,1H3/p+1/t11-,12+. The van der Waals surface area contributed by atoms with Gasteiger partial charge in [-0.3, -0.25) is 9.59 Å². The zero-order chi connectivity index (χ0) is 16.6. The molecule has 1 aromatic rings. The van der Waals surface area contributed by atoms with Crippen molar-refractivity contribution in [2.75, 3.05) is 13.7 Å². The van der Waals surface area contributed by atoms with Gasteiger partial charge in [0.05, 0.1) is 29.5 Å². The first-order valence-corrected chi connectivity index (χ1v) is 8.46. The summed E-state index contributed by atoms with van der Waals surface area (Å²) in [4.78, 5) is 27.2. The monoisotopic (exact) mass is 339 g/mol. The summed E-state index contributed by atoms with van der Waals surface area (Å²) in [7, 11) is 1.84. The van der Waals surface area contributed by atoms with Crippen LogP contribution in [0.25, 0.3) is 0 Å². The third-order valence-electron chi connectivity index (χ3n) is 4.90. The second kappa shape index (κ2) is 6.57. The van der Waals surface area contributed by atoms with Crippen molar-refractivity contribution in [1.82, 2.24) is 4.90 Å². The van der Waals surface area contributed by atoms with Gasteiger partial charge in [0.25, 0.3) is 0 Å². The van der Waals surface area contributed by atoms with E-state index in [1.54, 1.807) is 12.1 Å². The fraction of sp³-hybridized carbons (Fsp3) is 0.529. The lowest BCUT2D eigenvalue weighted by Gasteiger charge is -2.21. The topological polar surface area (TPSA) is 41.8 Å². The first kappa shape index (κ1) is 16.4. The molecule has 1 saturated heterocycles. The minimum absolute atomic E-state index is 0.0568. The molecular weight excluding hydrogens is 319 g/mol. The van der Waals surface area contributed by atoms with E-state index in [1.165, 1.54) is 11.0 Å². The van der Waals surface area contributed by atoms with Crippen LogP contribution in [0.5, 0.6) is 0 Å². The number of hydrogen-bond donors (Lipinski definition) is 1. The maximum atomic E-state index is 13.9. The van der Waals surface area contributed by atoms with Gasteiger partial charge in [0, 0.05) is 0 Å². The van der Waals surface area contributed by atoms with Crippen molar-refractivity contribution >= 4 is 23.4 Å². The first-order valence-electron chi connectivity index (χ1n) is 8.08. The van der Waals surface area contributed by atoms with Gasteiger partial charge >= 0.3 is 0 Å². The van der Waals surface area contributed by atoms with Crippen LogP contribution in [-0.2, 0) is 16.1 Å². The number of fused-ring (bicyclic) bond motifs is 1. The molecule has 1 aliphatic heterocycles. The lowest BCUT2D eigenvalue weighted by molar-refractivity contribution is -0.901. The number of rotatable bonds is 4. The third-order valence-corrected chi connectivity index (χ3v) is 5.25. The number of hydrogen-bond acceptors (Lipinski definition) is 2. The van der Waals surface area contributed by atoms with Crippen LogP contribution in [0.4, 0.5) is 4.39 Å². The summed E-state index contributed by atoms with van der Waals surface area (Å²) in [5.74, 6) is -0.746. The van der Waals surface area contributed by atoms with E-state index >= 15 is 0 Å². The van der Waals surface area contributed by atoms with Gasteiger partial charge in [0.2, 0.25) is 11.8 Å². The Morgan fingerprint density at radius 1 is 1.22 bits per heavy atom. The quantitative estimate of drug-likeness (QED) is 0.847. The lowest BCUT2D eigenvalue weighted by atomic mass is 9.81. The molecule has 0 bridgehead atoms. The molecule has 3 rings (SSSR count). The number of halogens is 2. The van der Waals surface area contributed by atoms with Crippen molar-refractivity contribution in [1.29, 1.82) is 0 Å². The van der Waals surface area contributed by atoms with E-state index in [0.29, 0.717) is 17.1 Å². The Morgan fingerprint density at radius 3 is 2.39 bits per heavy atom. The van der Waals surface area contributed by atoms with Gasteiger partial charge in [-0.25, -0.2) is 9.29 Å². The molecule has 124 valence electrons. The van der Waals surface area contributed by atoms with Crippen molar-refractivity contribution < 1.29 is 18.9 Å². The number of nitrogens with zero attached hydrogens (tertiary/aromatic N) is 1. The molecule has 2 amide bonds. The van der Waals surface area contributed by atoms with Crippen molar-refractivity contribution in [3.05, 3.63) is 34.6 Å². The molecule has 1 N–H and O–H groups in total. The number of likely N-dealkylation sites (tertiary alicyclic amines) is 1. The Bertz CT molecular complexity index is 593. The highest BCUT2D eigenvalue weighted by atomic mass is 35.5. The molecule has 0 aromatic heterocycles. The molecule has 2 fully saturated rings. The summed E-state index contributed by atoms with van der Waals surface area (Å²) in [5, 5.41) is 0.372. The molecule has 1 saturated carbocycles. The molecule has 0 spiro atoms. The lowest BCUT2D eigenvalue weighted by Crippen LogP contribution is -3.09. The Balaban J connectivity index is 1.69. The van der Waals surface area contributed by atoms with E-state index in [0.717, 1.165) is 30.6 Å². The van der Waals surface area contributed by atoms with E-state index in [9.17, 15) is 14.0 Å². The predicted octanol–water partition coefficient (Wildman–Crippen LogP) is 1.63. The van der Waals surface area contributed by atoms with E-state index in [2.05, 4.69) is 0 Å². The van der Waals surface area contributed by atoms with Gasteiger partial charge in [0.15, 0.2) is 6.67 Å². The molecule has 1 aliphatic carbocycles. The minimum atomic E-state index is -0.357. The molecule has 4 nitrogen and oxygen atoms in total. The van der Waals surface area contributed by atoms with Crippen molar-refractivity contribution in [3.63, 3.8) is 0 Å². The van der Waals surface area contributed by atoms with E-state index in [-0.39, 0.29) is 36.1 Å². The van der Waals surface area contributed by atoms with Crippen molar-refractivity contribution in [3.8, 4) is 0 Å². The summed E-state index contributed by atoms with van der Waals surface area (Å²) < 4.78 is 13.9. The van der Waals surface area contributed by atoms with Crippen LogP contribution in [0, 0.1) is 17.7 Å². The predicted molar refractivity (Wildman–Crippen MR) is 84.2 cm³/mol. The Labute approximate surface area is 140 Å². The summed E-state index contributed by atoms with van der Waals surface area (Å²) >= 11 is 6.05. The van der Waals surface area contributed by atoms with Crippen molar-refractivity contribution in [2.45, 2.75) is 32.2 Å². The number of benzene rings is 1. The molecular formula is C17H21ClFN2O2+. The van der Waals surface area contributed by atoms with Gasteiger partial charge in [-0.2, -0.15) is 0 Å². The number of nitrogens with one attached hydrogen (secondary N) is 1. The molecule has 1 aromatic carbocycles. The van der Waals surface area contributed by atoms with Crippen LogP contribution in [-0.4, -0.2) is 30.4 Å². The largest absolute Gasteiger partial charge is 0.316 e. The second-order valence-electron chi connectivity index (χ2n) is 6.59. The minimum Gasteiger partial charge on any atom is -0.316 e. The summed E-state index contributed by atoms with van der Waals surface area (Å²) in [6.45, 7) is 0.591. The van der Waals surface area contributed by atoms with Crippen LogP contribution in [0.1, 0.15) is 31.2 Å². The normalized spacial score (nSPS) is 25.6. The summed E-state index contributed by atoms with van der Waals surface area (Å²) in [6.07, 6.45) is 3.65. The fourth-order valence-electron chi connectivity index (χ4n) is 3.72. The van der Waals surface area contributed by atoms with Crippen molar-refractivity contribution in [2.24, 2.45) is 11.8 Å². The van der Waals surface area contributed by atoms with E-state index < -0.39 is 0 Å². The average Bonchev–Trinajstić information content (AvgIpc) is 2.77.